The molecule has 0 unspecified atom stereocenters. The summed E-state index contributed by atoms with van der Waals surface area (Å²) in [5, 5.41) is 0. The zero-order chi connectivity index (χ0) is 21.6. The van der Waals surface area contributed by atoms with Gasteiger partial charge in [0.15, 0.2) is 5.78 Å². The first-order chi connectivity index (χ1) is 13.7. The Balaban J connectivity index is 2.44. The Bertz CT molecular complexity index is 962. The molecule has 0 heterocycles. The van der Waals surface area contributed by atoms with Crippen molar-refractivity contribution in [2.75, 3.05) is 27.9 Å². The quantitative estimate of drug-likeness (QED) is 0.452. The second-order valence-corrected chi connectivity index (χ2v) is 8.09. The summed E-state index contributed by atoms with van der Waals surface area (Å²) in [6.07, 6.45) is 0. The zero-order valence-corrected chi connectivity index (χ0v) is 17.5. The van der Waals surface area contributed by atoms with Gasteiger partial charge in [0, 0.05) is 18.2 Å². The summed E-state index contributed by atoms with van der Waals surface area (Å²) in [4.78, 5) is 23.3. The first-order valence-electron chi connectivity index (χ1n) is 8.61. The molecule has 0 saturated heterocycles. The fourth-order valence-corrected chi connectivity index (χ4v) is 3.98. The second kappa shape index (κ2) is 9.53. The number of ether oxygens (including phenoxy) is 3. The minimum Gasteiger partial charge on any atom is -0.497 e. The van der Waals surface area contributed by atoms with E-state index < -0.39 is 22.5 Å². The first kappa shape index (κ1) is 22.4. The molecule has 0 fully saturated rings. The molecule has 0 aliphatic heterocycles. The van der Waals surface area contributed by atoms with E-state index in [9.17, 15) is 18.0 Å². The fraction of sp³-hybridized carbons (Fsp3) is 0.300. The van der Waals surface area contributed by atoms with Gasteiger partial charge in [0.1, 0.15) is 18.0 Å². The number of carbonyl (C=O) groups excluding carboxylic acids is 2. The maximum Gasteiger partial charge on any atom is 0.321 e. The molecule has 0 amide bonds. The number of Topliss-reactive ketones (excluding diaryl/α,β-unsaturated/α-hetero) is 1. The van der Waals surface area contributed by atoms with Gasteiger partial charge < -0.3 is 14.2 Å². The lowest BCUT2D eigenvalue weighted by Crippen LogP contribution is -2.35. The highest BCUT2D eigenvalue weighted by Gasteiger charge is 2.28. The number of nitrogens with zero attached hydrogens (tertiary/aromatic N) is 1. The molecule has 0 atom stereocenters. The number of carbonyl (C=O) groups is 2. The number of hydrogen-bond acceptors (Lipinski definition) is 7. The Morgan fingerprint density at radius 1 is 0.931 bits per heavy atom. The number of methoxy groups -OCH3 is 3. The summed E-state index contributed by atoms with van der Waals surface area (Å²) >= 11 is 0. The van der Waals surface area contributed by atoms with Crippen molar-refractivity contribution in [1.82, 2.24) is 4.31 Å². The number of rotatable bonds is 9. The molecular weight excluding hydrogens is 398 g/mol. The standard InChI is InChI=1S/C20H23NO7S/c1-14(22)16-5-7-19(8-6-16)29(24,25)21(13-20(23)28-4)12-15-9-17(26-2)11-18(10-15)27-3/h5-11H,12-13H2,1-4H3. The van der Waals surface area contributed by atoms with Crippen molar-refractivity contribution in [2.24, 2.45) is 0 Å². The van der Waals surface area contributed by atoms with Gasteiger partial charge in [-0.1, -0.05) is 12.1 Å². The summed E-state index contributed by atoms with van der Waals surface area (Å²) in [6, 6.07) is 10.5. The van der Waals surface area contributed by atoms with Gasteiger partial charge in [0.25, 0.3) is 0 Å². The number of esters is 1. The number of sulfonamides is 1. The molecular formula is C20H23NO7S. The van der Waals surface area contributed by atoms with Crippen LogP contribution in [0.5, 0.6) is 11.5 Å². The van der Waals surface area contributed by atoms with Gasteiger partial charge >= 0.3 is 5.97 Å². The molecule has 0 aromatic heterocycles. The lowest BCUT2D eigenvalue weighted by atomic mass is 10.2. The Morgan fingerprint density at radius 3 is 1.93 bits per heavy atom. The molecule has 0 saturated carbocycles. The third-order valence-corrected chi connectivity index (χ3v) is 6.01. The lowest BCUT2D eigenvalue weighted by Gasteiger charge is -2.22. The molecule has 8 nitrogen and oxygen atoms in total. The highest BCUT2D eigenvalue weighted by molar-refractivity contribution is 7.89. The Hall–Kier alpha value is -2.91. The van der Waals surface area contributed by atoms with Crippen LogP contribution in [0.4, 0.5) is 0 Å². The van der Waals surface area contributed by atoms with Crippen LogP contribution in [0.3, 0.4) is 0 Å². The molecule has 9 heteroatoms. The van der Waals surface area contributed by atoms with E-state index in [1.165, 1.54) is 52.5 Å². The molecule has 29 heavy (non-hydrogen) atoms. The lowest BCUT2D eigenvalue weighted by molar-refractivity contribution is -0.140. The number of benzene rings is 2. The average molecular weight is 421 g/mol. The van der Waals surface area contributed by atoms with Crippen LogP contribution < -0.4 is 9.47 Å². The van der Waals surface area contributed by atoms with Crippen molar-refractivity contribution in [2.45, 2.75) is 18.4 Å². The highest BCUT2D eigenvalue weighted by Crippen LogP contribution is 2.25. The van der Waals surface area contributed by atoms with Gasteiger partial charge in [-0.15, -0.1) is 0 Å². The normalized spacial score (nSPS) is 11.2. The van der Waals surface area contributed by atoms with Crippen LogP contribution in [0.2, 0.25) is 0 Å². The Labute approximate surface area is 170 Å². The molecule has 0 aliphatic carbocycles. The van der Waals surface area contributed by atoms with E-state index in [0.717, 1.165) is 4.31 Å². The van der Waals surface area contributed by atoms with E-state index in [1.807, 2.05) is 0 Å². The minimum absolute atomic E-state index is 0.0405. The first-order valence-corrected chi connectivity index (χ1v) is 10.0. The number of hydrogen-bond donors (Lipinski definition) is 0. The van der Waals surface area contributed by atoms with Crippen molar-refractivity contribution in [3.8, 4) is 11.5 Å². The highest BCUT2D eigenvalue weighted by atomic mass is 32.2. The van der Waals surface area contributed by atoms with E-state index in [0.29, 0.717) is 22.6 Å². The predicted octanol–water partition coefficient (Wildman–Crippen LogP) is 2.27. The van der Waals surface area contributed by atoms with Crippen molar-refractivity contribution in [1.29, 1.82) is 0 Å². The SMILES string of the molecule is COC(=O)CN(Cc1cc(OC)cc(OC)c1)S(=O)(=O)c1ccc(C(C)=O)cc1. The zero-order valence-electron chi connectivity index (χ0n) is 16.7. The molecule has 0 spiro atoms. The topological polar surface area (TPSA) is 99.2 Å². The largest absolute Gasteiger partial charge is 0.497 e. The molecule has 2 aromatic carbocycles. The van der Waals surface area contributed by atoms with E-state index in [2.05, 4.69) is 4.74 Å². The van der Waals surface area contributed by atoms with Gasteiger partial charge in [-0.3, -0.25) is 9.59 Å². The minimum atomic E-state index is -4.05. The van der Waals surface area contributed by atoms with Crippen LogP contribution in [0.15, 0.2) is 47.4 Å². The van der Waals surface area contributed by atoms with Crippen molar-refractivity contribution < 1.29 is 32.2 Å². The summed E-state index contributed by atoms with van der Waals surface area (Å²) in [5.74, 6) is 0.0915. The van der Waals surface area contributed by atoms with E-state index in [4.69, 9.17) is 9.47 Å². The molecule has 156 valence electrons. The van der Waals surface area contributed by atoms with E-state index >= 15 is 0 Å². The van der Waals surface area contributed by atoms with Crippen LogP contribution in [0, 0.1) is 0 Å². The van der Waals surface area contributed by atoms with Gasteiger partial charge in [0.05, 0.1) is 26.2 Å². The fourth-order valence-electron chi connectivity index (χ4n) is 2.61. The maximum absolute atomic E-state index is 13.1. The van der Waals surface area contributed by atoms with Crippen molar-refractivity contribution in [3.63, 3.8) is 0 Å². The molecule has 2 aromatic rings. The average Bonchev–Trinajstić information content (AvgIpc) is 2.72. The molecule has 0 aliphatic rings. The predicted molar refractivity (Wildman–Crippen MR) is 106 cm³/mol. The molecule has 0 N–H and O–H groups in total. The molecule has 2 rings (SSSR count). The summed E-state index contributed by atoms with van der Waals surface area (Å²) in [6.45, 7) is 0.801. The van der Waals surface area contributed by atoms with Crippen LogP contribution >= 0.6 is 0 Å². The van der Waals surface area contributed by atoms with E-state index in [1.54, 1.807) is 18.2 Å². The Morgan fingerprint density at radius 2 is 1.48 bits per heavy atom. The maximum atomic E-state index is 13.1. The Kier molecular flexibility index (Phi) is 7.35. The summed E-state index contributed by atoms with van der Waals surface area (Å²) in [7, 11) is 0.106. The van der Waals surface area contributed by atoms with Crippen LogP contribution in [-0.2, 0) is 26.1 Å². The third kappa shape index (κ3) is 5.55. The summed E-state index contributed by atoms with van der Waals surface area (Å²) in [5.41, 5.74) is 0.954. The summed E-state index contributed by atoms with van der Waals surface area (Å²) < 4.78 is 42.4. The van der Waals surface area contributed by atoms with Gasteiger partial charge in [0.2, 0.25) is 10.0 Å². The van der Waals surface area contributed by atoms with Gasteiger partial charge in [-0.05, 0) is 36.8 Å². The smallest absolute Gasteiger partial charge is 0.321 e. The van der Waals surface area contributed by atoms with Crippen molar-refractivity contribution >= 4 is 21.8 Å². The number of ketones is 1. The van der Waals surface area contributed by atoms with Crippen LogP contribution in [0.1, 0.15) is 22.8 Å². The monoisotopic (exact) mass is 421 g/mol. The van der Waals surface area contributed by atoms with Crippen LogP contribution in [0.25, 0.3) is 0 Å². The second-order valence-electron chi connectivity index (χ2n) is 6.15. The molecule has 0 radical (unpaired) electrons. The van der Waals surface area contributed by atoms with Crippen molar-refractivity contribution in [3.05, 3.63) is 53.6 Å². The molecule has 0 bridgehead atoms. The van der Waals surface area contributed by atoms with E-state index in [-0.39, 0.29) is 17.2 Å². The van der Waals surface area contributed by atoms with Gasteiger partial charge in [-0.25, -0.2) is 8.42 Å². The third-order valence-electron chi connectivity index (χ3n) is 4.20. The van der Waals surface area contributed by atoms with Gasteiger partial charge in [-0.2, -0.15) is 4.31 Å². The van der Waals surface area contributed by atoms with Crippen LogP contribution in [-0.4, -0.2) is 52.3 Å².